The molecule has 0 saturated heterocycles. The van der Waals surface area contributed by atoms with Gasteiger partial charge in [-0.1, -0.05) is 6.07 Å². The number of hydrogen-bond acceptors (Lipinski definition) is 3. The minimum Gasteiger partial charge on any atom is -0.465 e. The molecule has 0 unspecified atom stereocenters. The van der Waals surface area contributed by atoms with E-state index in [1.54, 1.807) is 6.07 Å². The topological polar surface area (TPSA) is 35.5 Å². The van der Waals surface area contributed by atoms with Crippen molar-refractivity contribution in [3.63, 3.8) is 0 Å². The predicted octanol–water partition coefficient (Wildman–Crippen LogP) is 2.54. The summed E-state index contributed by atoms with van der Waals surface area (Å²) in [6.07, 6.45) is 2.46. The van der Waals surface area contributed by atoms with Crippen LogP contribution in [0.2, 0.25) is 0 Å². The normalized spacial score (nSPS) is 14.7. The van der Waals surface area contributed by atoms with E-state index in [9.17, 15) is 9.18 Å². The molecule has 0 amide bonds. The van der Waals surface area contributed by atoms with Crippen LogP contribution in [0.15, 0.2) is 18.2 Å². The molecular formula is C13H15FO3. The second-order valence-corrected chi connectivity index (χ2v) is 4.26. The standard InChI is InChI=1S/C13H15FO3/c1-16-13(15)11-5-4-10(6-12(11)14)8-17-7-9-2-3-9/h4-6,9H,2-3,7-8H2,1H3. The maximum atomic E-state index is 13.5. The van der Waals surface area contributed by atoms with Gasteiger partial charge < -0.3 is 9.47 Å². The van der Waals surface area contributed by atoms with Crippen LogP contribution in [-0.2, 0) is 16.1 Å². The molecule has 1 aromatic carbocycles. The summed E-state index contributed by atoms with van der Waals surface area (Å²) in [7, 11) is 1.23. The molecule has 4 heteroatoms. The summed E-state index contributed by atoms with van der Waals surface area (Å²) in [4.78, 5) is 11.2. The molecule has 0 bridgehead atoms. The van der Waals surface area contributed by atoms with Gasteiger partial charge in [0.25, 0.3) is 0 Å². The van der Waals surface area contributed by atoms with Crippen LogP contribution in [0.25, 0.3) is 0 Å². The monoisotopic (exact) mass is 238 g/mol. The lowest BCUT2D eigenvalue weighted by Gasteiger charge is -2.05. The highest BCUT2D eigenvalue weighted by Crippen LogP contribution is 2.29. The first-order valence-electron chi connectivity index (χ1n) is 5.65. The van der Waals surface area contributed by atoms with Gasteiger partial charge in [0.2, 0.25) is 0 Å². The number of hydrogen-bond donors (Lipinski definition) is 0. The lowest BCUT2D eigenvalue weighted by Crippen LogP contribution is -2.05. The van der Waals surface area contributed by atoms with Crippen molar-refractivity contribution in [1.29, 1.82) is 0 Å². The molecule has 1 aliphatic carbocycles. The van der Waals surface area contributed by atoms with Crippen molar-refractivity contribution in [2.24, 2.45) is 5.92 Å². The van der Waals surface area contributed by atoms with E-state index in [4.69, 9.17) is 4.74 Å². The van der Waals surface area contributed by atoms with Crippen LogP contribution >= 0.6 is 0 Å². The Hall–Kier alpha value is -1.42. The average Bonchev–Trinajstić information content (AvgIpc) is 3.12. The van der Waals surface area contributed by atoms with Gasteiger partial charge in [-0.15, -0.1) is 0 Å². The Morgan fingerprint density at radius 1 is 1.47 bits per heavy atom. The van der Waals surface area contributed by atoms with Crippen LogP contribution in [0, 0.1) is 11.7 Å². The summed E-state index contributed by atoms with van der Waals surface area (Å²) in [6.45, 7) is 1.12. The van der Waals surface area contributed by atoms with Crippen LogP contribution in [0.5, 0.6) is 0 Å². The van der Waals surface area contributed by atoms with Gasteiger partial charge in [0.15, 0.2) is 0 Å². The summed E-state index contributed by atoms with van der Waals surface area (Å²) in [5.74, 6) is -0.536. The zero-order valence-electron chi connectivity index (χ0n) is 9.74. The Bertz CT molecular complexity index is 413. The SMILES string of the molecule is COC(=O)c1ccc(COCC2CC2)cc1F. The Balaban J connectivity index is 1.94. The maximum Gasteiger partial charge on any atom is 0.340 e. The molecule has 1 aromatic rings. The molecule has 0 N–H and O–H groups in total. The summed E-state index contributed by atoms with van der Waals surface area (Å²) >= 11 is 0. The lowest BCUT2D eigenvalue weighted by molar-refractivity contribution is 0.0595. The molecule has 0 spiro atoms. The highest BCUT2D eigenvalue weighted by molar-refractivity contribution is 5.89. The molecule has 0 aliphatic heterocycles. The number of methoxy groups -OCH3 is 1. The molecular weight excluding hydrogens is 223 g/mol. The van der Waals surface area contributed by atoms with E-state index in [2.05, 4.69) is 4.74 Å². The minimum absolute atomic E-state index is 0.0431. The van der Waals surface area contributed by atoms with Gasteiger partial charge in [-0.25, -0.2) is 9.18 Å². The molecule has 92 valence electrons. The van der Waals surface area contributed by atoms with Crippen LogP contribution in [0.4, 0.5) is 4.39 Å². The molecule has 0 heterocycles. The van der Waals surface area contributed by atoms with Crippen molar-refractivity contribution in [2.45, 2.75) is 19.4 Å². The number of benzene rings is 1. The fourth-order valence-electron chi connectivity index (χ4n) is 1.55. The van der Waals surface area contributed by atoms with Crippen molar-refractivity contribution in [3.8, 4) is 0 Å². The first-order chi connectivity index (χ1) is 8.20. The fraction of sp³-hybridized carbons (Fsp3) is 0.462. The summed E-state index contributed by atoms with van der Waals surface area (Å²) in [6, 6.07) is 4.43. The predicted molar refractivity (Wildman–Crippen MR) is 60.1 cm³/mol. The van der Waals surface area contributed by atoms with E-state index in [1.807, 2.05) is 0 Å². The van der Waals surface area contributed by atoms with E-state index >= 15 is 0 Å². The van der Waals surface area contributed by atoms with Gasteiger partial charge in [0, 0.05) is 6.61 Å². The third-order valence-corrected chi connectivity index (χ3v) is 2.76. The van der Waals surface area contributed by atoms with Crippen LogP contribution in [0.3, 0.4) is 0 Å². The number of carbonyl (C=O) groups excluding carboxylic acids is 1. The summed E-state index contributed by atoms with van der Waals surface area (Å²) in [5.41, 5.74) is 0.689. The molecule has 1 aliphatic rings. The van der Waals surface area contributed by atoms with Gasteiger partial charge in [0.05, 0.1) is 19.3 Å². The number of halogens is 1. The number of rotatable bonds is 5. The third kappa shape index (κ3) is 3.27. The second-order valence-electron chi connectivity index (χ2n) is 4.26. The molecule has 0 radical (unpaired) electrons. The Morgan fingerprint density at radius 3 is 2.82 bits per heavy atom. The smallest absolute Gasteiger partial charge is 0.340 e. The molecule has 1 fully saturated rings. The van der Waals surface area contributed by atoms with Crippen LogP contribution < -0.4 is 0 Å². The van der Waals surface area contributed by atoms with E-state index in [-0.39, 0.29) is 5.56 Å². The van der Waals surface area contributed by atoms with Gasteiger partial charge in [-0.3, -0.25) is 0 Å². The Morgan fingerprint density at radius 2 is 2.24 bits per heavy atom. The van der Waals surface area contributed by atoms with Crippen LogP contribution in [-0.4, -0.2) is 19.7 Å². The average molecular weight is 238 g/mol. The first kappa shape index (κ1) is 12.0. The molecule has 2 rings (SSSR count). The molecule has 0 aromatic heterocycles. The van der Waals surface area contributed by atoms with E-state index in [0.717, 1.165) is 12.2 Å². The number of carbonyl (C=O) groups is 1. The molecule has 0 atom stereocenters. The summed E-state index contributed by atoms with van der Waals surface area (Å²) in [5, 5.41) is 0. The number of ether oxygens (including phenoxy) is 2. The van der Waals surface area contributed by atoms with Crippen molar-refractivity contribution >= 4 is 5.97 Å². The highest BCUT2D eigenvalue weighted by Gasteiger charge is 2.21. The minimum atomic E-state index is -0.659. The quantitative estimate of drug-likeness (QED) is 0.739. The molecule has 3 nitrogen and oxygen atoms in total. The zero-order chi connectivity index (χ0) is 12.3. The van der Waals surface area contributed by atoms with Crippen molar-refractivity contribution in [1.82, 2.24) is 0 Å². The van der Waals surface area contributed by atoms with Crippen molar-refractivity contribution in [2.75, 3.05) is 13.7 Å². The highest BCUT2D eigenvalue weighted by atomic mass is 19.1. The van der Waals surface area contributed by atoms with E-state index in [1.165, 1.54) is 32.1 Å². The first-order valence-corrected chi connectivity index (χ1v) is 5.65. The van der Waals surface area contributed by atoms with Crippen LogP contribution in [0.1, 0.15) is 28.8 Å². The van der Waals surface area contributed by atoms with Gasteiger partial charge in [0.1, 0.15) is 5.82 Å². The second kappa shape index (κ2) is 5.27. The molecule has 17 heavy (non-hydrogen) atoms. The largest absolute Gasteiger partial charge is 0.465 e. The summed E-state index contributed by atoms with van der Waals surface area (Å²) < 4.78 is 23.4. The van der Waals surface area contributed by atoms with E-state index in [0.29, 0.717) is 12.5 Å². The zero-order valence-corrected chi connectivity index (χ0v) is 9.74. The van der Waals surface area contributed by atoms with Gasteiger partial charge in [-0.05, 0) is 36.5 Å². The van der Waals surface area contributed by atoms with Crippen molar-refractivity contribution in [3.05, 3.63) is 35.1 Å². The van der Waals surface area contributed by atoms with Gasteiger partial charge >= 0.3 is 5.97 Å². The Labute approximate surface area is 99.5 Å². The van der Waals surface area contributed by atoms with Crippen molar-refractivity contribution < 1.29 is 18.7 Å². The van der Waals surface area contributed by atoms with E-state index < -0.39 is 11.8 Å². The Kier molecular flexibility index (Phi) is 3.74. The molecule has 1 saturated carbocycles. The van der Waals surface area contributed by atoms with Gasteiger partial charge in [-0.2, -0.15) is 0 Å². The third-order valence-electron chi connectivity index (χ3n) is 2.76. The fourth-order valence-corrected chi connectivity index (χ4v) is 1.55. The maximum absolute atomic E-state index is 13.5. The number of esters is 1. The lowest BCUT2D eigenvalue weighted by atomic mass is 10.1.